The van der Waals surface area contributed by atoms with Crippen LogP contribution in [-0.4, -0.2) is 24.8 Å². The summed E-state index contributed by atoms with van der Waals surface area (Å²) in [5, 5.41) is 0. The van der Waals surface area contributed by atoms with Crippen molar-refractivity contribution in [3.8, 4) is 0 Å². The molecule has 0 heterocycles. The summed E-state index contributed by atoms with van der Waals surface area (Å²) in [6.45, 7) is 5.20. The van der Waals surface area contributed by atoms with E-state index in [9.17, 15) is 0 Å². The Morgan fingerprint density at radius 1 is 1.47 bits per heavy atom. The first-order valence-corrected chi connectivity index (χ1v) is 5.95. The van der Waals surface area contributed by atoms with Crippen LogP contribution in [0.2, 0.25) is 0 Å². The molecule has 1 unspecified atom stereocenters. The first-order valence-electron chi connectivity index (χ1n) is 5.54. The number of rotatable bonds is 6. The summed E-state index contributed by atoms with van der Waals surface area (Å²) in [5.74, 6) is 0. The van der Waals surface area contributed by atoms with Crippen LogP contribution in [0.3, 0.4) is 0 Å². The normalized spacial score (nSPS) is 12.4. The maximum Gasteiger partial charge on any atom is 0.103 e. The maximum atomic E-state index is 5.66. The molecule has 0 aromatic heterocycles. The van der Waals surface area contributed by atoms with E-state index in [-0.39, 0.29) is 6.10 Å². The van der Waals surface area contributed by atoms with E-state index < -0.39 is 0 Å². The van der Waals surface area contributed by atoms with Gasteiger partial charge < -0.3 is 15.2 Å². The van der Waals surface area contributed by atoms with Crippen molar-refractivity contribution in [3.05, 3.63) is 34.9 Å². The second kappa shape index (κ2) is 6.69. The van der Waals surface area contributed by atoms with E-state index in [1.165, 1.54) is 0 Å². The lowest BCUT2D eigenvalue weighted by atomic mass is 10.1. The Morgan fingerprint density at radius 2 is 2.18 bits per heavy atom. The van der Waals surface area contributed by atoms with E-state index in [0.717, 1.165) is 16.7 Å². The molecule has 2 N–H and O–H groups in total. The number of hydrogen-bond acceptors (Lipinski definition) is 3. The molecule has 94 valence electrons. The fourth-order valence-electron chi connectivity index (χ4n) is 1.53. The van der Waals surface area contributed by atoms with E-state index in [1.54, 1.807) is 7.11 Å². The standard InChI is InChI=1S/C13H19NO2S/c1-9-6-11(13(14)17)4-5-12(9)8-16-10(2)7-15-3/h4-6,10H,7-8H2,1-3H3,(H2,14,17). The summed E-state index contributed by atoms with van der Waals surface area (Å²) in [7, 11) is 1.67. The van der Waals surface area contributed by atoms with Crippen molar-refractivity contribution in [2.45, 2.75) is 26.6 Å². The van der Waals surface area contributed by atoms with Gasteiger partial charge in [-0.15, -0.1) is 0 Å². The number of aryl methyl sites for hydroxylation is 1. The van der Waals surface area contributed by atoms with Gasteiger partial charge in [0.1, 0.15) is 4.99 Å². The average Bonchev–Trinajstić information content (AvgIpc) is 2.27. The minimum absolute atomic E-state index is 0.0923. The van der Waals surface area contributed by atoms with Crippen molar-refractivity contribution in [3.63, 3.8) is 0 Å². The average molecular weight is 253 g/mol. The molecule has 0 aliphatic heterocycles. The van der Waals surface area contributed by atoms with Crippen molar-refractivity contribution >= 4 is 17.2 Å². The molecule has 0 radical (unpaired) electrons. The van der Waals surface area contributed by atoms with Gasteiger partial charge in [0.15, 0.2) is 0 Å². The predicted molar refractivity (Wildman–Crippen MR) is 73.2 cm³/mol. The third-order valence-corrected chi connectivity index (χ3v) is 2.79. The molecule has 0 amide bonds. The number of hydrogen-bond donors (Lipinski definition) is 1. The fourth-order valence-corrected chi connectivity index (χ4v) is 1.65. The summed E-state index contributed by atoms with van der Waals surface area (Å²) in [6.07, 6.45) is 0.0923. The highest BCUT2D eigenvalue weighted by Crippen LogP contribution is 2.13. The molecule has 0 fully saturated rings. The van der Waals surface area contributed by atoms with Gasteiger partial charge in [-0.05, 0) is 31.0 Å². The third kappa shape index (κ3) is 4.42. The highest BCUT2D eigenvalue weighted by molar-refractivity contribution is 7.80. The van der Waals surface area contributed by atoms with Gasteiger partial charge in [-0.25, -0.2) is 0 Å². The number of benzene rings is 1. The summed E-state index contributed by atoms with van der Waals surface area (Å²) >= 11 is 4.94. The summed E-state index contributed by atoms with van der Waals surface area (Å²) in [5.41, 5.74) is 8.76. The lowest BCUT2D eigenvalue weighted by Crippen LogP contribution is -2.15. The zero-order chi connectivity index (χ0) is 12.8. The van der Waals surface area contributed by atoms with Gasteiger partial charge in [-0.1, -0.05) is 24.4 Å². The molecule has 0 saturated heterocycles. The highest BCUT2D eigenvalue weighted by atomic mass is 32.1. The number of methoxy groups -OCH3 is 1. The van der Waals surface area contributed by atoms with E-state index in [2.05, 4.69) is 0 Å². The third-order valence-electron chi connectivity index (χ3n) is 2.55. The van der Waals surface area contributed by atoms with Crippen molar-refractivity contribution in [1.29, 1.82) is 0 Å². The van der Waals surface area contributed by atoms with Crippen molar-refractivity contribution in [2.24, 2.45) is 5.73 Å². The summed E-state index contributed by atoms with van der Waals surface area (Å²) < 4.78 is 10.7. The lowest BCUT2D eigenvalue weighted by molar-refractivity contribution is -0.000296. The fraction of sp³-hybridized carbons (Fsp3) is 0.462. The van der Waals surface area contributed by atoms with Crippen LogP contribution in [0.4, 0.5) is 0 Å². The van der Waals surface area contributed by atoms with Crippen LogP contribution in [0.5, 0.6) is 0 Å². The Morgan fingerprint density at radius 3 is 2.71 bits per heavy atom. The summed E-state index contributed by atoms with van der Waals surface area (Å²) in [6, 6.07) is 5.92. The molecule has 0 aliphatic rings. The van der Waals surface area contributed by atoms with Crippen LogP contribution >= 0.6 is 12.2 Å². The maximum absolute atomic E-state index is 5.66. The Hall–Kier alpha value is -0.970. The Balaban J connectivity index is 2.63. The zero-order valence-electron chi connectivity index (χ0n) is 10.5. The molecule has 1 aromatic carbocycles. The molecule has 1 rings (SSSR count). The molecular weight excluding hydrogens is 234 g/mol. The van der Waals surface area contributed by atoms with Gasteiger partial charge >= 0.3 is 0 Å². The van der Waals surface area contributed by atoms with Crippen LogP contribution in [0, 0.1) is 6.92 Å². The van der Waals surface area contributed by atoms with Gasteiger partial charge in [0.2, 0.25) is 0 Å². The second-order valence-corrected chi connectivity index (χ2v) is 4.52. The topological polar surface area (TPSA) is 44.5 Å². The number of ether oxygens (including phenoxy) is 2. The molecular formula is C13H19NO2S. The summed E-state index contributed by atoms with van der Waals surface area (Å²) in [4.78, 5) is 0.424. The molecule has 1 atom stereocenters. The quantitative estimate of drug-likeness (QED) is 0.789. The molecule has 17 heavy (non-hydrogen) atoms. The van der Waals surface area contributed by atoms with Crippen LogP contribution in [-0.2, 0) is 16.1 Å². The first kappa shape index (κ1) is 14.1. The van der Waals surface area contributed by atoms with E-state index in [1.807, 2.05) is 32.0 Å². The van der Waals surface area contributed by atoms with Gasteiger partial charge in [0.05, 0.1) is 19.3 Å². The van der Waals surface area contributed by atoms with Gasteiger partial charge in [0.25, 0.3) is 0 Å². The SMILES string of the molecule is COCC(C)OCc1ccc(C(N)=S)cc1C. The monoisotopic (exact) mass is 253 g/mol. The van der Waals surface area contributed by atoms with E-state index >= 15 is 0 Å². The molecule has 0 aliphatic carbocycles. The molecule has 4 heteroatoms. The van der Waals surface area contributed by atoms with E-state index in [0.29, 0.717) is 18.2 Å². The molecule has 3 nitrogen and oxygen atoms in total. The van der Waals surface area contributed by atoms with Crippen LogP contribution in [0.25, 0.3) is 0 Å². The molecule has 0 spiro atoms. The highest BCUT2D eigenvalue weighted by Gasteiger charge is 2.05. The van der Waals surface area contributed by atoms with E-state index in [4.69, 9.17) is 27.4 Å². The van der Waals surface area contributed by atoms with Crippen LogP contribution < -0.4 is 5.73 Å². The van der Waals surface area contributed by atoms with Crippen LogP contribution in [0.15, 0.2) is 18.2 Å². The molecule has 0 bridgehead atoms. The predicted octanol–water partition coefficient (Wildman–Crippen LogP) is 2.18. The van der Waals surface area contributed by atoms with Gasteiger partial charge in [-0.3, -0.25) is 0 Å². The molecule has 1 aromatic rings. The Kier molecular flexibility index (Phi) is 5.55. The Labute approximate surface area is 108 Å². The number of nitrogens with two attached hydrogens (primary N) is 1. The lowest BCUT2D eigenvalue weighted by Gasteiger charge is -2.13. The minimum atomic E-state index is 0.0923. The number of thiocarbonyl (C=S) groups is 1. The van der Waals surface area contributed by atoms with Crippen molar-refractivity contribution in [2.75, 3.05) is 13.7 Å². The van der Waals surface area contributed by atoms with Crippen LogP contribution in [0.1, 0.15) is 23.6 Å². The molecule has 0 saturated carbocycles. The smallest absolute Gasteiger partial charge is 0.103 e. The Bertz CT molecular complexity index is 393. The minimum Gasteiger partial charge on any atom is -0.389 e. The van der Waals surface area contributed by atoms with Gasteiger partial charge in [0, 0.05) is 12.7 Å². The van der Waals surface area contributed by atoms with Gasteiger partial charge in [-0.2, -0.15) is 0 Å². The largest absolute Gasteiger partial charge is 0.389 e. The second-order valence-electron chi connectivity index (χ2n) is 4.08. The van der Waals surface area contributed by atoms with Crippen molar-refractivity contribution < 1.29 is 9.47 Å². The van der Waals surface area contributed by atoms with Crippen molar-refractivity contribution in [1.82, 2.24) is 0 Å². The first-order chi connectivity index (χ1) is 8.04. The zero-order valence-corrected chi connectivity index (χ0v) is 11.3.